The summed E-state index contributed by atoms with van der Waals surface area (Å²) in [6.45, 7) is 3.78. The maximum Gasteiger partial charge on any atom is 0.319 e. The Bertz CT molecular complexity index is 606. The molecule has 0 aliphatic carbocycles. The maximum absolute atomic E-state index is 11.9. The van der Waals surface area contributed by atoms with Gasteiger partial charge in [-0.15, -0.1) is 0 Å². The van der Waals surface area contributed by atoms with Crippen molar-refractivity contribution in [1.82, 2.24) is 5.32 Å². The third-order valence-electron chi connectivity index (χ3n) is 2.60. The van der Waals surface area contributed by atoms with Crippen LogP contribution in [0.4, 0.5) is 16.2 Å². The van der Waals surface area contributed by atoms with Crippen molar-refractivity contribution in [3.63, 3.8) is 0 Å². The minimum Gasteiger partial charge on any atom is -0.336 e. The highest BCUT2D eigenvalue weighted by atomic mass is 32.1. The van der Waals surface area contributed by atoms with Crippen molar-refractivity contribution in [2.75, 3.05) is 10.6 Å². The zero-order chi connectivity index (χ0) is 15.2. The summed E-state index contributed by atoms with van der Waals surface area (Å²) in [5.41, 5.74) is 1.99. The van der Waals surface area contributed by atoms with Crippen LogP contribution in [0.5, 0.6) is 0 Å². The van der Waals surface area contributed by atoms with E-state index in [2.05, 4.69) is 16.0 Å². The highest BCUT2D eigenvalue weighted by molar-refractivity contribution is 7.08. The first-order valence-corrected chi connectivity index (χ1v) is 7.50. The molecule has 3 N–H and O–H groups in total. The van der Waals surface area contributed by atoms with Crippen LogP contribution in [-0.4, -0.2) is 18.0 Å². The molecule has 0 radical (unpaired) electrons. The minimum absolute atomic E-state index is 0.0779. The van der Waals surface area contributed by atoms with Gasteiger partial charge in [0.05, 0.1) is 5.56 Å². The van der Waals surface area contributed by atoms with Crippen LogP contribution in [0.15, 0.2) is 41.1 Å². The normalized spacial score (nSPS) is 10.2. The van der Waals surface area contributed by atoms with E-state index in [1.54, 1.807) is 35.7 Å². The Morgan fingerprint density at radius 2 is 1.62 bits per heavy atom. The molecule has 0 saturated heterocycles. The van der Waals surface area contributed by atoms with Gasteiger partial charge in [-0.25, -0.2) is 4.79 Å². The fourth-order valence-electron chi connectivity index (χ4n) is 1.66. The Labute approximate surface area is 127 Å². The molecular formula is C15H17N3O2S. The van der Waals surface area contributed by atoms with Crippen LogP contribution in [0.2, 0.25) is 0 Å². The van der Waals surface area contributed by atoms with E-state index < -0.39 is 0 Å². The smallest absolute Gasteiger partial charge is 0.319 e. The highest BCUT2D eigenvalue weighted by Crippen LogP contribution is 2.15. The van der Waals surface area contributed by atoms with E-state index in [1.807, 2.05) is 19.2 Å². The molecule has 0 fully saturated rings. The van der Waals surface area contributed by atoms with Gasteiger partial charge in [-0.3, -0.25) is 4.79 Å². The SMILES string of the molecule is CC(C)NC(=O)Nc1ccc(NC(=O)c2ccsc2)cc1. The van der Waals surface area contributed by atoms with E-state index in [1.165, 1.54) is 11.3 Å². The van der Waals surface area contributed by atoms with Crippen molar-refractivity contribution in [2.24, 2.45) is 0 Å². The number of benzene rings is 1. The van der Waals surface area contributed by atoms with E-state index in [4.69, 9.17) is 0 Å². The molecule has 2 rings (SSSR count). The monoisotopic (exact) mass is 303 g/mol. The number of amides is 3. The first-order chi connectivity index (χ1) is 10.0. The Balaban J connectivity index is 1.93. The quantitative estimate of drug-likeness (QED) is 0.808. The molecule has 0 atom stereocenters. The molecule has 2 aromatic rings. The van der Waals surface area contributed by atoms with Gasteiger partial charge in [0, 0.05) is 22.8 Å². The van der Waals surface area contributed by atoms with Gasteiger partial charge in [-0.1, -0.05) is 0 Å². The maximum atomic E-state index is 11.9. The molecule has 5 nitrogen and oxygen atoms in total. The summed E-state index contributed by atoms with van der Waals surface area (Å²) in [5, 5.41) is 11.9. The van der Waals surface area contributed by atoms with Gasteiger partial charge in [0.25, 0.3) is 5.91 Å². The number of carbonyl (C=O) groups is 2. The number of nitrogens with one attached hydrogen (secondary N) is 3. The molecular weight excluding hydrogens is 286 g/mol. The summed E-state index contributed by atoms with van der Waals surface area (Å²) < 4.78 is 0. The van der Waals surface area contributed by atoms with Crippen LogP contribution in [0.1, 0.15) is 24.2 Å². The Morgan fingerprint density at radius 3 is 2.14 bits per heavy atom. The molecule has 3 amide bonds. The molecule has 0 aliphatic rings. The lowest BCUT2D eigenvalue weighted by atomic mass is 10.2. The minimum atomic E-state index is -0.250. The average molecular weight is 303 g/mol. The number of carbonyl (C=O) groups excluding carboxylic acids is 2. The summed E-state index contributed by atoms with van der Waals surface area (Å²) in [5.74, 6) is -0.144. The summed E-state index contributed by atoms with van der Waals surface area (Å²) in [6, 6.07) is 8.57. The standard InChI is InChI=1S/C15H17N3O2S/c1-10(2)16-15(20)18-13-5-3-12(4-6-13)17-14(19)11-7-8-21-9-11/h3-10H,1-2H3,(H,17,19)(H2,16,18,20). The molecule has 0 bridgehead atoms. The van der Waals surface area contributed by atoms with Crippen LogP contribution < -0.4 is 16.0 Å². The summed E-state index contributed by atoms with van der Waals surface area (Å²) in [6.07, 6.45) is 0. The number of urea groups is 1. The predicted molar refractivity (Wildman–Crippen MR) is 86.0 cm³/mol. The lowest BCUT2D eigenvalue weighted by Crippen LogP contribution is -2.34. The zero-order valence-electron chi connectivity index (χ0n) is 11.8. The molecule has 21 heavy (non-hydrogen) atoms. The molecule has 0 spiro atoms. The Hall–Kier alpha value is -2.34. The van der Waals surface area contributed by atoms with Crippen LogP contribution in [-0.2, 0) is 0 Å². The highest BCUT2D eigenvalue weighted by Gasteiger charge is 2.07. The molecule has 1 aromatic heterocycles. The van der Waals surface area contributed by atoms with E-state index in [9.17, 15) is 9.59 Å². The second-order valence-corrected chi connectivity index (χ2v) is 5.58. The lowest BCUT2D eigenvalue weighted by molar-refractivity contribution is 0.102. The zero-order valence-corrected chi connectivity index (χ0v) is 12.7. The molecule has 6 heteroatoms. The number of hydrogen-bond acceptors (Lipinski definition) is 3. The molecule has 0 unspecified atom stereocenters. The second-order valence-electron chi connectivity index (χ2n) is 4.80. The van der Waals surface area contributed by atoms with E-state index >= 15 is 0 Å². The van der Waals surface area contributed by atoms with E-state index in [0.29, 0.717) is 16.9 Å². The molecule has 1 aromatic carbocycles. The van der Waals surface area contributed by atoms with Crippen molar-refractivity contribution in [1.29, 1.82) is 0 Å². The average Bonchev–Trinajstić information content (AvgIpc) is 2.94. The predicted octanol–water partition coefficient (Wildman–Crippen LogP) is 3.53. The third-order valence-corrected chi connectivity index (χ3v) is 3.29. The first-order valence-electron chi connectivity index (χ1n) is 6.56. The van der Waals surface area contributed by atoms with Gasteiger partial charge in [0.15, 0.2) is 0 Å². The third kappa shape index (κ3) is 4.61. The number of anilines is 2. The van der Waals surface area contributed by atoms with Crippen LogP contribution in [0.3, 0.4) is 0 Å². The summed E-state index contributed by atoms with van der Waals surface area (Å²) >= 11 is 1.48. The van der Waals surface area contributed by atoms with Gasteiger partial charge in [0.1, 0.15) is 0 Å². The Kier molecular flexibility index (Phi) is 4.94. The van der Waals surface area contributed by atoms with E-state index in [0.717, 1.165) is 0 Å². The Morgan fingerprint density at radius 1 is 1.00 bits per heavy atom. The largest absolute Gasteiger partial charge is 0.336 e. The van der Waals surface area contributed by atoms with Gasteiger partial charge >= 0.3 is 6.03 Å². The number of hydrogen-bond donors (Lipinski definition) is 3. The first kappa shape index (κ1) is 15.1. The second kappa shape index (κ2) is 6.90. The number of thiophene rings is 1. The van der Waals surface area contributed by atoms with E-state index in [-0.39, 0.29) is 18.0 Å². The molecule has 1 heterocycles. The van der Waals surface area contributed by atoms with Crippen LogP contribution in [0.25, 0.3) is 0 Å². The summed E-state index contributed by atoms with van der Waals surface area (Å²) in [4.78, 5) is 23.4. The van der Waals surface area contributed by atoms with Gasteiger partial charge in [0.2, 0.25) is 0 Å². The lowest BCUT2D eigenvalue weighted by Gasteiger charge is -2.10. The van der Waals surface area contributed by atoms with Crippen LogP contribution in [0, 0.1) is 0 Å². The fourth-order valence-corrected chi connectivity index (χ4v) is 2.30. The van der Waals surface area contributed by atoms with Gasteiger partial charge in [-0.2, -0.15) is 11.3 Å². The van der Waals surface area contributed by atoms with Gasteiger partial charge in [-0.05, 0) is 49.6 Å². The molecule has 110 valence electrons. The molecule has 0 aliphatic heterocycles. The van der Waals surface area contributed by atoms with Crippen molar-refractivity contribution in [2.45, 2.75) is 19.9 Å². The summed E-state index contributed by atoms with van der Waals surface area (Å²) in [7, 11) is 0. The molecule has 0 saturated carbocycles. The number of rotatable bonds is 4. The van der Waals surface area contributed by atoms with Crippen LogP contribution >= 0.6 is 11.3 Å². The van der Waals surface area contributed by atoms with Gasteiger partial charge < -0.3 is 16.0 Å². The van der Waals surface area contributed by atoms with Crippen molar-refractivity contribution in [3.05, 3.63) is 46.7 Å². The van der Waals surface area contributed by atoms with Crippen molar-refractivity contribution in [3.8, 4) is 0 Å². The fraction of sp³-hybridized carbons (Fsp3) is 0.200. The van der Waals surface area contributed by atoms with Crippen molar-refractivity contribution >= 4 is 34.6 Å². The van der Waals surface area contributed by atoms with Crippen molar-refractivity contribution < 1.29 is 9.59 Å². The topological polar surface area (TPSA) is 70.2 Å².